The molecule has 2 atom stereocenters. The van der Waals surface area contributed by atoms with E-state index in [4.69, 9.17) is 9.98 Å². The van der Waals surface area contributed by atoms with Gasteiger partial charge in [-0.15, -0.1) is 6.58 Å². The first-order chi connectivity index (χ1) is 14.8. The van der Waals surface area contributed by atoms with Crippen LogP contribution >= 0.6 is 0 Å². The highest BCUT2D eigenvalue weighted by atomic mass is 16.1. The number of allylic oxidation sites excluding steroid dienone is 3. The predicted molar refractivity (Wildman–Crippen MR) is 136 cm³/mol. The van der Waals surface area contributed by atoms with Crippen LogP contribution in [0.25, 0.3) is 0 Å². The Balaban J connectivity index is 0.000000762. The van der Waals surface area contributed by atoms with Crippen molar-refractivity contribution >= 4 is 18.0 Å². The Hall–Kier alpha value is -2.05. The minimum atomic E-state index is -0.0260. The monoisotopic (exact) mass is 431 g/mol. The SMILES string of the molecule is C=CCC=CC(NC)C1=NC(N(C)C)C=C2CCCC2=N1.CC.CCC(C)(C)NC=O. The highest BCUT2D eigenvalue weighted by molar-refractivity contribution is 6.10. The first kappa shape index (κ1) is 28.9. The van der Waals surface area contributed by atoms with Crippen LogP contribution in [-0.2, 0) is 4.79 Å². The van der Waals surface area contributed by atoms with Gasteiger partial charge in [0.25, 0.3) is 0 Å². The smallest absolute Gasteiger partial charge is 0.207 e. The molecule has 1 saturated carbocycles. The fraction of sp³-hybridized carbons (Fsp3) is 0.640. The number of hydrogen-bond acceptors (Lipinski definition) is 5. The zero-order valence-corrected chi connectivity index (χ0v) is 21.0. The summed E-state index contributed by atoms with van der Waals surface area (Å²) in [5.74, 6) is 0.875. The van der Waals surface area contributed by atoms with E-state index in [-0.39, 0.29) is 17.7 Å². The van der Waals surface area contributed by atoms with Crippen LogP contribution < -0.4 is 10.6 Å². The van der Waals surface area contributed by atoms with E-state index in [1.165, 1.54) is 17.7 Å². The van der Waals surface area contributed by atoms with Crippen LogP contribution in [0.4, 0.5) is 0 Å². The second-order valence-corrected chi connectivity index (χ2v) is 8.19. The molecule has 0 bridgehead atoms. The summed E-state index contributed by atoms with van der Waals surface area (Å²) in [5, 5.41) is 5.99. The number of amidine groups is 1. The molecule has 2 unspecified atom stereocenters. The van der Waals surface area contributed by atoms with Gasteiger partial charge in [0.05, 0.1) is 6.04 Å². The van der Waals surface area contributed by atoms with Crippen molar-refractivity contribution in [3.63, 3.8) is 0 Å². The van der Waals surface area contributed by atoms with Crippen molar-refractivity contribution in [1.29, 1.82) is 0 Å². The molecule has 2 N–H and O–H groups in total. The minimum absolute atomic E-state index is 0.0260. The molecule has 1 amide bonds. The maximum absolute atomic E-state index is 9.87. The van der Waals surface area contributed by atoms with Crippen molar-refractivity contribution in [2.45, 2.75) is 84.5 Å². The quantitative estimate of drug-likeness (QED) is 0.417. The van der Waals surface area contributed by atoms with Crippen LogP contribution in [0.5, 0.6) is 0 Å². The highest BCUT2D eigenvalue weighted by Crippen LogP contribution is 2.25. The third kappa shape index (κ3) is 10.7. The second kappa shape index (κ2) is 15.7. The second-order valence-electron chi connectivity index (χ2n) is 8.19. The van der Waals surface area contributed by atoms with Gasteiger partial charge in [-0.1, -0.05) is 39.0 Å². The van der Waals surface area contributed by atoms with Gasteiger partial charge >= 0.3 is 0 Å². The Bertz CT molecular complexity index is 659. The minimum Gasteiger partial charge on any atom is -0.354 e. The van der Waals surface area contributed by atoms with Crippen LogP contribution in [0.3, 0.4) is 0 Å². The lowest BCUT2D eigenvalue weighted by molar-refractivity contribution is -0.110. The normalized spacial score (nSPS) is 18.9. The van der Waals surface area contributed by atoms with Gasteiger partial charge in [0.15, 0.2) is 0 Å². The summed E-state index contributed by atoms with van der Waals surface area (Å²) in [6, 6.07) is 0.0493. The maximum atomic E-state index is 9.87. The highest BCUT2D eigenvalue weighted by Gasteiger charge is 2.24. The maximum Gasteiger partial charge on any atom is 0.207 e. The number of fused-ring (bicyclic) bond motifs is 1. The third-order valence-corrected chi connectivity index (χ3v) is 5.18. The lowest BCUT2D eigenvalue weighted by Crippen LogP contribution is -2.37. The van der Waals surface area contributed by atoms with E-state index in [1.54, 1.807) is 0 Å². The molecule has 1 fully saturated rings. The summed E-state index contributed by atoms with van der Waals surface area (Å²) in [6.45, 7) is 13.8. The molecule has 0 radical (unpaired) electrons. The van der Waals surface area contributed by atoms with E-state index >= 15 is 0 Å². The van der Waals surface area contributed by atoms with Crippen molar-refractivity contribution in [3.8, 4) is 0 Å². The van der Waals surface area contributed by atoms with Crippen molar-refractivity contribution in [2.24, 2.45) is 9.98 Å². The van der Waals surface area contributed by atoms with Gasteiger partial charge in [-0.05, 0) is 78.7 Å². The molecule has 0 aromatic heterocycles. The number of amides is 1. The number of carbonyl (C=O) groups excluding carboxylic acids is 1. The van der Waals surface area contributed by atoms with Gasteiger partial charge in [-0.3, -0.25) is 9.69 Å². The molecule has 1 aliphatic heterocycles. The molecule has 0 aromatic carbocycles. The Kier molecular flexibility index (Phi) is 14.7. The predicted octanol–water partition coefficient (Wildman–Crippen LogP) is 4.51. The molecule has 0 aromatic rings. The largest absolute Gasteiger partial charge is 0.354 e. The van der Waals surface area contributed by atoms with Gasteiger partial charge < -0.3 is 10.6 Å². The van der Waals surface area contributed by atoms with Gasteiger partial charge in [0, 0.05) is 11.3 Å². The molecule has 2 aliphatic rings. The Labute approximate surface area is 190 Å². The third-order valence-electron chi connectivity index (χ3n) is 5.18. The number of rotatable bonds is 9. The molecular weight excluding hydrogens is 386 g/mol. The molecule has 31 heavy (non-hydrogen) atoms. The Morgan fingerprint density at radius 3 is 2.48 bits per heavy atom. The number of nitrogens with zero attached hydrogens (tertiary/aromatic N) is 3. The summed E-state index contributed by atoms with van der Waals surface area (Å²) in [5.41, 5.74) is 2.56. The number of carbonyl (C=O) groups is 1. The van der Waals surface area contributed by atoms with Gasteiger partial charge in [-0.25, -0.2) is 9.98 Å². The van der Waals surface area contributed by atoms with Gasteiger partial charge in [-0.2, -0.15) is 0 Å². The Morgan fingerprint density at radius 2 is 2.00 bits per heavy atom. The molecular formula is C25H45N5O. The number of nitrogens with one attached hydrogen (secondary N) is 2. The van der Waals surface area contributed by atoms with E-state index in [1.807, 2.05) is 47.7 Å². The number of aliphatic imine (C=N–C) groups is 2. The van der Waals surface area contributed by atoms with E-state index in [0.29, 0.717) is 0 Å². The van der Waals surface area contributed by atoms with Crippen molar-refractivity contribution in [2.75, 3.05) is 21.1 Å². The van der Waals surface area contributed by atoms with Gasteiger partial charge in [0.1, 0.15) is 12.0 Å². The van der Waals surface area contributed by atoms with Crippen molar-refractivity contribution < 1.29 is 4.79 Å². The fourth-order valence-electron chi connectivity index (χ4n) is 2.88. The van der Waals surface area contributed by atoms with Crippen LogP contribution in [-0.4, -0.2) is 61.7 Å². The molecule has 6 heteroatoms. The van der Waals surface area contributed by atoms with E-state index < -0.39 is 0 Å². The van der Waals surface area contributed by atoms with Crippen LogP contribution in [0.15, 0.2) is 46.4 Å². The molecule has 1 heterocycles. The molecule has 2 rings (SSSR count). The summed E-state index contributed by atoms with van der Waals surface area (Å²) in [4.78, 5) is 21.7. The van der Waals surface area contributed by atoms with E-state index in [2.05, 4.69) is 54.4 Å². The topological polar surface area (TPSA) is 69.1 Å². The molecule has 0 spiro atoms. The average Bonchev–Trinajstić information content (AvgIpc) is 3.10. The fourth-order valence-corrected chi connectivity index (χ4v) is 2.88. The first-order valence-electron chi connectivity index (χ1n) is 11.5. The summed E-state index contributed by atoms with van der Waals surface area (Å²) < 4.78 is 0. The van der Waals surface area contributed by atoms with E-state index in [0.717, 1.165) is 37.9 Å². The lowest BCUT2D eigenvalue weighted by atomic mass is 10.0. The number of hydrogen-bond donors (Lipinski definition) is 2. The lowest BCUT2D eigenvalue weighted by Gasteiger charge is -2.20. The van der Waals surface area contributed by atoms with Crippen LogP contribution in [0, 0.1) is 0 Å². The average molecular weight is 432 g/mol. The summed E-state index contributed by atoms with van der Waals surface area (Å²) in [7, 11) is 6.07. The standard InChI is InChI=1S/C17H26N4.C6H13NO.C2H6/c1-5-6-7-10-15(18-2)17-19-14-11-8-9-13(14)12-16(20-17)21(3)4;1-4-6(2,3)7-5-8;1-2/h5,7,10,12,15-16,18H,1,6,8-9,11H2,2-4H3;5H,4H2,1-3H3,(H,7,8);1-2H3. The molecule has 6 nitrogen and oxygen atoms in total. The first-order valence-corrected chi connectivity index (χ1v) is 11.5. The van der Waals surface area contributed by atoms with E-state index in [9.17, 15) is 4.79 Å². The molecule has 0 saturated heterocycles. The van der Waals surface area contributed by atoms with Gasteiger partial charge in [0.2, 0.25) is 6.41 Å². The summed E-state index contributed by atoms with van der Waals surface area (Å²) in [6.07, 6.45) is 14.4. The molecule has 1 aliphatic carbocycles. The van der Waals surface area contributed by atoms with Crippen molar-refractivity contribution in [1.82, 2.24) is 15.5 Å². The Morgan fingerprint density at radius 1 is 1.32 bits per heavy atom. The summed E-state index contributed by atoms with van der Waals surface area (Å²) >= 11 is 0. The van der Waals surface area contributed by atoms with Crippen molar-refractivity contribution in [3.05, 3.63) is 36.5 Å². The zero-order valence-electron chi connectivity index (χ0n) is 21.0. The molecule has 176 valence electrons. The zero-order chi connectivity index (χ0) is 23.9. The number of likely N-dealkylation sites (N-methyl/N-ethyl adjacent to an activating group) is 2. The van der Waals surface area contributed by atoms with Crippen LogP contribution in [0.1, 0.15) is 66.7 Å². The van der Waals surface area contributed by atoms with Crippen LogP contribution in [0.2, 0.25) is 0 Å².